The number of alkyl halides is 3. The normalized spacial score (nSPS) is 11.6. The smallest absolute Gasteiger partial charge is 0.252 e. The summed E-state index contributed by atoms with van der Waals surface area (Å²) in [5, 5.41) is 87.7. The van der Waals surface area contributed by atoms with Crippen molar-refractivity contribution in [2.75, 3.05) is 0 Å². The molecule has 0 saturated heterocycles. The number of halogens is 3. The lowest BCUT2D eigenvalue weighted by Gasteiger charge is -2.21. The first-order valence-electron chi connectivity index (χ1n) is 45.4. The van der Waals surface area contributed by atoms with E-state index in [2.05, 4.69) is 170 Å². The molecule has 0 atom stereocenters. The molecule has 11 aromatic rings. The minimum atomic E-state index is -0.626. The standard InChI is InChI=1S/3C17H19N5.C15H16Br2N2.C15H17BrN2.2C15H18N2.C2H3N3/c1-16(2,10-18)14-6-13(9-22-11-20-21-12-22)7-15(8-14)17(3,4)19-5;2*1-16(2,10-18)14-6-13(9-22-12-20-11-21-22)7-15(8-14)17(3,4)19-5;1-14(2,9-18)11-6-10(13(16)17)7-12(8-11)15(3,4)19-5;1-14(2,10-17)12-6-11(9-16)7-13(8-12)15(3,4)18-5;2*1-11-7-12(14(2,3)10-16)9-13(8-11)15(4,5)17-6;1-3-2-5-4-1/h3*6-8,11-12H,9H2,1-4H3;6-8,13H,1-4H3;6-8H,9H2,1-4H3;2*7-9H,1-5H3;1-2H,(H,3,4,5). The van der Waals surface area contributed by atoms with Crippen LogP contribution in [0.1, 0.15) is 314 Å². The summed E-state index contributed by atoms with van der Waals surface area (Å²) in [6.45, 7) is 110. The van der Waals surface area contributed by atoms with Crippen molar-refractivity contribution in [2.24, 2.45) is 0 Å². The number of H-pyrrole nitrogens is 1. The number of aromatic nitrogens is 12. The van der Waals surface area contributed by atoms with Crippen LogP contribution in [0.15, 0.2) is 178 Å². The van der Waals surface area contributed by atoms with Gasteiger partial charge >= 0.3 is 0 Å². The summed E-state index contributed by atoms with van der Waals surface area (Å²) < 4.78 is 5.34. The first kappa shape index (κ1) is 120. The van der Waals surface area contributed by atoms with Crippen LogP contribution >= 0.6 is 47.8 Å². The zero-order chi connectivity index (χ0) is 108. The summed E-state index contributed by atoms with van der Waals surface area (Å²) in [7, 11) is 0. The number of nitrogens with one attached hydrogen (secondary N) is 1. The van der Waals surface area contributed by atoms with Gasteiger partial charge in [-0.25, -0.2) is 70.3 Å². The van der Waals surface area contributed by atoms with E-state index in [1.807, 2.05) is 340 Å². The quantitative estimate of drug-likeness (QED) is 0.0487. The maximum atomic E-state index is 9.41. The van der Waals surface area contributed by atoms with Gasteiger partial charge in [0.1, 0.15) is 50.6 Å². The Morgan fingerprint density at radius 2 is 0.514 bits per heavy atom. The number of hydrogen-bond acceptors (Lipinski definition) is 15. The van der Waals surface area contributed by atoms with Gasteiger partial charge in [-0.15, -0.1) is 10.2 Å². The van der Waals surface area contributed by atoms with Gasteiger partial charge in [-0.2, -0.15) is 52.1 Å². The Balaban J connectivity index is 0.000000343. The van der Waals surface area contributed by atoms with E-state index in [1.165, 1.54) is 25.3 Å². The van der Waals surface area contributed by atoms with Gasteiger partial charge in [0.15, 0.2) is 0 Å². The molecule has 4 aromatic heterocycles. The minimum Gasteiger partial charge on any atom is -0.316 e. The summed E-state index contributed by atoms with van der Waals surface area (Å²) in [6.07, 6.45) is 12.6. The van der Waals surface area contributed by atoms with Crippen molar-refractivity contribution in [3.8, 4) is 42.5 Å². The molecule has 26 nitrogen and oxygen atoms in total. The molecule has 0 fully saturated rings. The predicted octanol–water partition coefficient (Wildman–Crippen LogP) is 27.5. The lowest BCUT2D eigenvalue weighted by Crippen LogP contribution is -2.19. The van der Waals surface area contributed by atoms with Crippen LogP contribution in [-0.4, -0.2) is 59.5 Å². The van der Waals surface area contributed by atoms with Gasteiger partial charge in [0, 0.05) is 141 Å². The molecular formula is C113H129Br3N26. The zero-order valence-electron chi connectivity index (χ0n) is 87.5. The van der Waals surface area contributed by atoms with Crippen LogP contribution in [-0.2, 0) is 102 Å². The highest BCUT2D eigenvalue weighted by Crippen LogP contribution is 2.42. The maximum Gasteiger partial charge on any atom is 0.252 e. The number of nitrogens with zero attached hydrogens (tertiary/aromatic N) is 25. The summed E-state index contributed by atoms with van der Waals surface area (Å²) in [5.74, 6) is 0. The molecule has 0 amide bonds. The van der Waals surface area contributed by atoms with Crippen molar-refractivity contribution >= 4 is 47.8 Å². The van der Waals surface area contributed by atoms with E-state index in [1.54, 1.807) is 34.7 Å². The van der Waals surface area contributed by atoms with Crippen LogP contribution in [0.3, 0.4) is 0 Å². The van der Waals surface area contributed by atoms with Crippen molar-refractivity contribution in [3.63, 3.8) is 0 Å². The fourth-order valence-electron chi connectivity index (χ4n) is 13.0. The maximum absolute atomic E-state index is 9.41. The SMILES string of the molecule is [C-]#[N+]C(C)(C)c1cc(C(Br)Br)cc(C(C)(C)C#N)c1.[C-]#[N+]C(C)(C)c1cc(C)cc(C(C)(C)C#N)c1.[C-]#[N+]C(C)(C)c1cc(C)cc(C(C)(C)C#N)c1.[C-]#[N+]C(C)(C)c1cc(CBr)cc(C(C)(C)C#N)c1.[C-]#[N+]C(C)(C)c1cc(Cn2cncn2)cc(C(C)(C)C#N)c1.[C-]#[N+]C(C)(C)c1cc(Cn2cncn2)cc(C(C)(C)C#N)c1.[C-]#[N+]C(C)(C)c1cc(Cn2cnnc2)cc(C(C)(C)C#N)c1.c1nc[nH]n1. The number of aromatic amines is 1. The Morgan fingerprint density at radius 3 is 0.732 bits per heavy atom. The Hall–Kier alpha value is -14.6. The topological polar surface area (TPSA) is 331 Å². The van der Waals surface area contributed by atoms with Gasteiger partial charge in [0.05, 0.1) is 104 Å². The monoisotopic (exact) mass is 2090 g/mol. The Morgan fingerprint density at radius 1 is 0.296 bits per heavy atom. The number of aryl methyl sites for hydroxylation is 2. The van der Waals surface area contributed by atoms with Crippen molar-refractivity contribution in [1.82, 2.24) is 59.5 Å². The summed E-state index contributed by atoms with van der Waals surface area (Å²) >= 11 is 10.4. The third-order valence-corrected chi connectivity index (χ3v) is 25.9. The van der Waals surface area contributed by atoms with Crippen LogP contribution in [0, 0.1) is 139 Å². The average Bonchev–Trinajstić information content (AvgIpc) is 1.03. The van der Waals surface area contributed by atoms with Gasteiger partial charge in [-0.05, 0) is 262 Å². The second kappa shape index (κ2) is 49.5. The molecule has 29 heteroatoms. The van der Waals surface area contributed by atoms with Crippen LogP contribution < -0.4 is 0 Å². The number of benzene rings is 7. The second-order valence-electron chi connectivity index (χ2n) is 42.0. The van der Waals surface area contributed by atoms with Crippen molar-refractivity contribution in [1.29, 1.82) is 36.8 Å². The van der Waals surface area contributed by atoms with Gasteiger partial charge in [-0.3, -0.25) is 5.10 Å². The molecule has 0 bridgehead atoms. The van der Waals surface area contributed by atoms with E-state index in [4.69, 9.17) is 46.0 Å². The second-order valence-corrected chi connectivity index (χ2v) is 45.6. The highest BCUT2D eigenvalue weighted by Gasteiger charge is 2.38. The molecule has 0 unspecified atom stereocenters. The van der Waals surface area contributed by atoms with Crippen LogP contribution in [0.2, 0.25) is 0 Å². The van der Waals surface area contributed by atoms with E-state index in [0.717, 1.165) is 122 Å². The van der Waals surface area contributed by atoms with Crippen molar-refractivity contribution in [3.05, 3.63) is 375 Å². The third kappa shape index (κ3) is 33.9. The molecule has 7 aromatic carbocycles. The van der Waals surface area contributed by atoms with Gasteiger partial charge in [-0.1, -0.05) is 101 Å². The summed E-state index contributed by atoms with van der Waals surface area (Å²) in [4.78, 5) is 37.2. The Labute approximate surface area is 868 Å². The van der Waals surface area contributed by atoms with Crippen molar-refractivity contribution < 1.29 is 0 Å². The lowest BCUT2D eigenvalue weighted by atomic mass is 9.81. The Bertz CT molecular complexity index is 6070. The molecular weight excluding hydrogens is 1960 g/mol. The van der Waals surface area contributed by atoms with E-state index < -0.39 is 76.7 Å². The molecule has 732 valence electrons. The summed E-state index contributed by atoms with van der Waals surface area (Å²) in [5.41, 5.74) is 12.5. The fourth-order valence-corrected chi connectivity index (χ4v) is 13.9. The molecule has 4 heterocycles. The van der Waals surface area contributed by atoms with E-state index in [9.17, 15) is 36.8 Å². The van der Waals surface area contributed by atoms with Crippen LogP contribution in [0.5, 0.6) is 0 Å². The van der Waals surface area contributed by atoms with Gasteiger partial charge in [0.25, 0.3) is 38.8 Å². The number of nitriles is 7. The number of hydrogen-bond donors (Lipinski definition) is 1. The lowest BCUT2D eigenvalue weighted by molar-refractivity contribution is 0.636. The van der Waals surface area contributed by atoms with Crippen molar-refractivity contribution in [2.45, 2.75) is 313 Å². The molecule has 0 saturated carbocycles. The molecule has 0 radical (unpaired) electrons. The van der Waals surface area contributed by atoms with Crippen LogP contribution in [0.4, 0.5) is 0 Å². The van der Waals surface area contributed by atoms with E-state index in [0.29, 0.717) is 19.6 Å². The van der Waals surface area contributed by atoms with Crippen LogP contribution in [0.25, 0.3) is 33.9 Å². The molecule has 0 aliphatic heterocycles. The molecule has 142 heavy (non-hydrogen) atoms. The van der Waals surface area contributed by atoms with E-state index in [-0.39, 0.29) is 3.74 Å². The number of rotatable bonds is 22. The molecule has 0 aliphatic rings. The highest BCUT2D eigenvalue weighted by atomic mass is 79.9. The Kier molecular flexibility index (Phi) is 41.7. The van der Waals surface area contributed by atoms with Gasteiger partial charge in [0.2, 0.25) is 0 Å². The molecule has 0 spiro atoms. The van der Waals surface area contributed by atoms with Gasteiger partial charge < -0.3 is 38.5 Å². The summed E-state index contributed by atoms with van der Waals surface area (Å²) in [6, 6.07) is 58.3. The minimum absolute atomic E-state index is 0.00901. The first-order valence-corrected chi connectivity index (χ1v) is 48.4. The molecule has 11 rings (SSSR count). The zero-order valence-corrected chi connectivity index (χ0v) is 92.2. The average molecular weight is 2090 g/mol. The molecule has 0 aliphatic carbocycles. The highest BCUT2D eigenvalue weighted by molar-refractivity contribution is 9.24. The van der Waals surface area contributed by atoms with E-state index >= 15 is 0 Å². The predicted molar refractivity (Wildman–Crippen MR) is 569 cm³/mol. The first-order chi connectivity index (χ1) is 65.7. The third-order valence-electron chi connectivity index (χ3n) is 24.2. The largest absolute Gasteiger partial charge is 0.316 e. The molecule has 1 N–H and O–H groups in total. The fraction of sp³-hybridized carbons (Fsp3) is 0.434.